The van der Waals surface area contributed by atoms with Gasteiger partial charge in [-0.15, -0.1) is 0 Å². The van der Waals surface area contributed by atoms with Crippen molar-refractivity contribution in [3.8, 4) is 0 Å². The molecule has 0 aromatic heterocycles. The Morgan fingerprint density at radius 1 is 0.923 bits per heavy atom. The number of aryl methyl sites for hydroxylation is 1. The SMILES string of the molecule is [B]CCc1cccc2ccccc12. The third-order valence-electron chi connectivity index (χ3n) is 2.29. The van der Waals surface area contributed by atoms with E-state index >= 15 is 0 Å². The maximum Gasteiger partial charge on any atom is 0.0657 e. The molecule has 2 aromatic carbocycles. The molecule has 0 aliphatic rings. The van der Waals surface area contributed by atoms with E-state index in [9.17, 15) is 0 Å². The summed E-state index contributed by atoms with van der Waals surface area (Å²) in [6.45, 7) is 0. The van der Waals surface area contributed by atoms with Crippen LogP contribution in [0.15, 0.2) is 42.5 Å². The monoisotopic (exact) mass is 166 g/mol. The Morgan fingerprint density at radius 3 is 2.54 bits per heavy atom. The van der Waals surface area contributed by atoms with E-state index in [0.717, 1.165) is 6.42 Å². The number of hydrogen-bond acceptors (Lipinski definition) is 0. The van der Waals surface area contributed by atoms with E-state index < -0.39 is 0 Å². The largest absolute Gasteiger partial charge is 0.0847 e. The van der Waals surface area contributed by atoms with Gasteiger partial charge >= 0.3 is 0 Å². The van der Waals surface area contributed by atoms with Gasteiger partial charge in [0.05, 0.1) is 7.85 Å². The molecule has 0 bridgehead atoms. The highest BCUT2D eigenvalue weighted by Crippen LogP contribution is 2.19. The van der Waals surface area contributed by atoms with Crippen molar-refractivity contribution < 1.29 is 0 Å². The van der Waals surface area contributed by atoms with Crippen LogP contribution in [0.3, 0.4) is 0 Å². The van der Waals surface area contributed by atoms with E-state index in [1.807, 2.05) is 0 Å². The van der Waals surface area contributed by atoms with Crippen molar-refractivity contribution in [3.05, 3.63) is 48.0 Å². The molecule has 0 fully saturated rings. The molecule has 0 N–H and O–H groups in total. The van der Waals surface area contributed by atoms with E-state index in [4.69, 9.17) is 7.85 Å². The predicted molar refractivity (Wildman–Crippen MR) is 58.2 cm³/mol. The van der Waals surface area contributed by atoms with Gasteiger partial charge in [0.2, 0.25) is 0 Å². The molecule has 0 spiro atoms. The van der Waals surface area contributed by atoms with Crippen LogP contribution in [0.25, 0.3) is 10.8 Å². The van der Waals surface area contributed by atoms with Gasteiger partial charge in [0.25, 0.3) is 0 Å². The van der Waals surface area contributed by atoms with Gasteiger partial charge in [0.15, 0.2) is 0 Å². The fraction of sp³-hybridized carbons (Fsp3) is 0.167. The quantitative estimate of drug-likeness (QED) is 0.601. The van der Waals surface area contributed by atoms with E-state index in [0.29, 0.717) is 6.32 Å². The summed E-state index contributed by atoms with van der Waals surface area (Å²) >= 11 is 0. The van der Waals surface area contributed by atoms with Crippen LogP contribution >= 0.6 is 0 Å². The molecule has 0 aliphatic carbocycles. The van der Waals surface area contributed by atoms with Crippen molar-refractivity contribution in [3.63, 3.8) is 0 Å². The normalized spacial score (nSPS) is 10.5. The molecular weight excluding hydrogens is 155 g/mol. The highest BCUT2D eigenvalue weighted by molar-refractivity contribution is 6.08. The van der Waals surface area contributed by atoms with E-state index in [-0.39, 0.29) is 0 Å². The van der Waals surface area contributed by atoms with E-state index in [1.165, 1.54) is 16.3 Å². The summed E-state index contributed by atoms with van der Waals surface area (Å²) in [5.74, 6) is 0. The fourth-order valence-electron chi connectivity index (χ4n) is 1.67. The van der Waals surface area contributed by atoms with Gasteiger partial charge < -0.3 is 0 Å². The predicted octanol–water partition coefficient (Wildman–Crippen LogP) is 2.97. The Labute approximate surface area is 80.0 Å². The van der Waals surface area contributed by atoms with Gasteiger partial charge in [-0.1, -0.05) is 48.8 Å². The maximum absolute atomic E-state index is 5.55. The zero-order valence-corrected chi connectivity index (χ0v) is 7.53. The van der Waals surface area contributed by atoms with Crippen molar-refractivity contribution in [2.24, 2.45) is 0 Å². The Balaban J connectivity index is 2.61. The van der Waals surface area contributed by atoms with Gasteiger partial charge in [0, 0.05) is 0 Å². The van der Waals surface area contributed by atoms with Crippen LogP contribution in [0.1, 0.15) is 5.56 Å². The van der Waals surface area contributed by atoms with Crippen molar-refractivity contribution in [2.45, 2.75) is 12.7 Å². The van der Waals surface area contributed by atoms with Gasteiger partial charge in [0.1, 0.15) is 0 Å². The molecule has 2 aromatic rings. The van der Waals surface area contributed by atoms with Crippen LogP contribution in [0.4, 0.5) is 0 Å². The molecule has 62 valence electrons. The molecular formula is C12H11B. The Hall–Kier alpha value is -1.24. The summed E-state index contributed by atoms with van der Waals surface area (Å²) < 4.78 is 0. The topological polar surface area (TPSA) is 0 Å². The van der Waals surface area contributed by atoms with Crippen LogP contribution in [-0.4, -0.2) is 7.85 Å². The lowest BCUT2D eigenvalue weighted by Gasteiger charge is -2.04. The number of rotatable bonds is 2. The Kier molecular flexibility index (Phi) is 2.35. The molecule has 0 saturated carbocycles. The first-order valence-corrected chi connectivity index (χ1v) is 4.58. The van der Waals surface area contributed by atoms with Gasteiger partial charge in [-0.2, -0.15) is 0 Å². The minimum Gasteiger partial charge on any atom is -0.0847 e. The highest BCUT2D eigenvalue weighted by atomic mass is 14.0. The van der Waals surface area contributed by atoms with Crippen molar-refractivity contribution in [2.75, 3.05) is 0 Å². The van der Waals surface area contributed by atoms with E-state index in [2.05, 4.69) is 42.5 Å². The first-order chi connectivity index (χ1) is 6.42. The minimum atomic E-state index is 0.716. The lowest BCUT2D eigenvalue weighted by atomic mass is 9.94. The second-order valence-electron chi connectivity index (χ2n) is 3.18. The molecule has 1 heteroatoms. The minimum absolute atomic E-state index is 0.716. The zero-order chi connectivity index (χ0) is 9.10. The van der Waals surface area contributed by atoms with Crippen LogP contribution in [0.5, 0.6) is 0 Å². The lowest BCUT2D eigenvalue weighted by Crippen LogP contribution is -1.85. The molecule has 0 amide bonds. The highest BCUT2D eigenvalue weighted by Gasteiger charge is 1.97. The molecule has 0 aliphatic heterocycles. The summed E-state index contributed by atoms with van der Waals surface area (Å²) in [6, 6.07) is 14.8. The van der Waals surface area contributed by atoms with Gasteiger partial charge in [-0.3, -0.25) is 0 Å². The standard InChI is InChI=1S/C12H11B/c13-9-8-11-6-3-5-10-4-1-2-7-12(10)11/h1-7H,8-9H2. The van der Waals surface area contributed by atoms with Gasteiger partial charge in [-0.05, 0) is 22.8 Å². The summed E-state index contributed by atoms with van der Waals surface area (Å²) in [5, 5.41) is 2.63. The molecule has 0 heterocycles. The number of fused-ring (bicyclic) bond motifs is 1. The smallest absolute Gasteiger partial charge is 0.0657 e. The molecule has 0 atom stereocenters. The van der Waals surface area contributed by atoms with Crippen molar-refractivity contribution >= 4 is 18.6 Å². The molecule has 2 rings (SSSR count). The van der Waals surface area contributed by atoms with Crippen LogP contribution in [0, 0.1) is 0 Å². The molecule has 0 saturated heterocycles. The average Bonchev–Trinajstić information content (AvgIpc) is 2.19. The Bertz CT molecular complexity index is 401. The summed E-state index contributed by atoms with van der Waals surface area (Å²) in [5.41, 5.74) is 1.35. The zero-order valence-electron chi connectivity index (χ0n) is 7.53. The first kappa shape index (κ1) is 8.37. The molecule has 0 unspecified atom stereocenters. The number of benzene rings is 2. The van der Waals surface area contributed by atoms with E-state index in [1.54, 1.807) is 0 Å². The maximum atomic E-state index is 5.55. The third kappa shape index (κ3) is 1.60. The van der Waals surface area contributed by atoms with Crippen molar-refractivity contribution in [1.82, 2.24) is 0 Å². The molecule has 0 nitrogen and oxygen atoms in total. The summed E-state index contributed by atoms with van der Waals surface area (Å²) in [7, 11) is 5.55. The summed E-state index contributed by atoms with van der Waals surface area (Å²) in [6.07, 6.45) is 1.68. The second kappa shape index (κ2) is 3.65. The lowest BCUT2D eigenvalue weighted by molar-refractivity contribution is 1.15. The third-order valence-corrected chi connectivity index (χ3v) is 2.29. The van der Waals surface area contributed by atoms with Gasteiger partial charge in [-0.25, -0.2) is 0 Å². The molecule has 2 radical (unpaired) electrons. The molecule has 13 heavy (non-hydrogen) atoms. The fourth-order valence-corrected chi connectivity index (χ4v) is 1.67. The van der Waals surface area contributed by atoms with Crippen LogP contribution in [0.2, 0.25) is 6.32 Å². The van der Waals surface area contributed by atoms with Crippen LogP contribution < -0.4 is 0 Å². The number of hydrogen-bond donors (Lipinski definition) is 0. The average molecular weight is 166 g/mol. The Morgan fingerprint density at radius 2 is 1.69 bits per heavy atom. The second-order valence-corrected chi connectivity index (χ2v) is 3.18. The first-order valence-electron chi connectivity index (χ1n) is 4.58. The summed E-state index contributed by atoms with van der Waals surface area (Å²) in [4.78, 5) is 0. The van der Waals surface area contributed by atoms with Crippen LogP contribution in [-0.2, 0) is 6.42 Å². The van der Waals surface area contributed by atoms with Crippen molar-refractivity contribution in [1.29, 1.82) is 0 Å².